The lowest BCUT2D eigenvalue weighted by molar-refractivity contribution is 0.256. The van der Waals surface area contributed by atoms with Crippen molar-refractivity contribution in [1.82, 2.24) is 14.0 Å². The van der Waals surface area contributed by atoms with Crippen molar-refractivity contribution >= 4 is 7.59 Å². The van der Waals surface area contributed by atoms with Gasteiger partial charge in [-0.25, -0.2) is 14.0 Å². The number of fused-ring (bicyclic) bond motifs is 1. The fraction of sp³-hybridized carbons (Fsp3) is 0.571. The summed E-state index contributed by atoms with van der Waals surface area (Å²) in [4.78, 5) is 0. The maximum atomic E-state index is 13.4. The zero-order valence-corrected chi connectivity index (χ0v) is 12.6. The number of hydrogen-bond acceptors (Lipinski definition) is 1. The summed E-state index contributed by atoms with van der Waals surface area (Å²) in [5.74, 6) is 0. The molecule has 0 amide bonds. The van der Waals surface area contributed by atoms with Crippen LogP contribution in [-0.2, 0) is 17.5 Å². The van der Waals surface area contributed by atoms with Gasteiger partial charge in [-0.3, -0.25) is 4.57 Å². The van der Waals surface area contributed by atoms with Crippen molar-refractivity contribution in [3.05, 3.63) is 35.4 Å². The summed E-state index contributed by atoms with van der Waals surface area (Å²) >= 11 is 0. The first kappa shape index (κ1) is 13.3. The van der Waals surface area contributed by atoms with Gasteiger partial charge in [-0.2, -0.15) is 0 Å². The second-order valence-corrected chi connectivity index (χ2v) is 8.49. The third-order valence-electron chi connectivity index (χ3n) is 4.33. The Morgan fingerprint density at radius 3 is 2.32 bits per heavy atom. The minimum absolute atomic E-state index is 0.808. The molecule has 2 aliphatic rings. The van der Waals surface area contributed by atoms with Gasteiger partial charge in [0.2, 0.25) is 0 Å². The molecule has 0 unspecified atom stereocenters. The normalized spacial score (nSPS) is 25.2. The van der Waals surface area contributed by atoms with Crippen molar-refractivity contribution in [2.75, 3.05) is 33.7 Å². The van der Waals surface area contributed by atoms with Crippen LogP contribution < -0.4 is 0 Å². The summed E-state index contributed by atoms with van der Waals surface area (Å²) in [6.07, 6.45) is 2.10. The van der Waals surface area contributed by atoms with Crippen LogP contribution in [0.4, 0.5) is 0 Å². The van der Waals surface area contributed by atoms with E-state index >= 15 is 0 Å². The molecule has 1 aromatic carbocycles. The highest BCUT2D eigenvalue weighted by Gasteiger charge is 2.42. The smallest absolute Gasteiger partial charge is 0.270 e. The molecule has 1 fully saturated rings. The van der Waals surface area contributed by atoms with E-state index in [9.17, 15) is 4.57 Å². The van der Waals surface area contributed by atoms with Crippen LogP contribution in [0.25, 0.3) is 0 Å². The van der Waals surface area contributed by atoms with Crippen LogP contribution in [0.5, 0.6) is 0 Å². The number of hydrogen-bond donors (Lipinski definition) is 0. The molecule has 3 rings (SSSR count). The summed E-state index contributed by atoms with van der Waals surface area (Å²) in [7, 11) is 1.47. The topological polar surface area (TPSA) is 26.8 Å². The highest BCUT2D eigenvalue weighted by molar-refractivity contribution is 7.56. The summed E-state index contributed by atoms with van der Waals surface area (Å²) in [6.45, 7) is 3.56. The Morgan fingerprint density at radius 1 is 1.00 bits per heavy atom. The van der Waals surface area contributed by atoms with E-state index in [1.807, 2.05) is 14.1 Å². The molecule has 0 aromatic heterocycles. The fourth-order valence-corrected chi connectivity index (χ4v) is 6.07. The van der Waals surface area contributed by atoms with Gasteiger partial charge in [0, 0.05) is 26.2 Å². The lowest BCUT2D eigenvalue weighted by atomic mass is 10.0. The molecule has 1 saturated heterocycles. The molecular weight excluding hydrogens is 257 g/mol. The van der Waals surface area contributed by atoms with Gasteiger partial charge in [0.1, 0.15) is 0 Å². The van der Waals surface area contributed by atoms with Gasteiger partial charge < -0.3 is 0 Å². The maximum absolute atomic E-state index is 13.4. The van der Waals surface area contributed by atoms with Crippen molar-refractivity contribution < 1.29 is 4.57 Å². The van der Waals surface area contributed by atoms with E-state index in [2.05, 4.69) is 38.3 Å². The molecular formula is C14H22N3OP. The Kier molecular flexibility index (Phi) is 3.52. The Balaban J connectivity index is 1.89. The van der Waals surface area contributed by atoms with Crippen molar-refractivity contribution in [1.29, 1.82) is 0 Å². The van der Waals surface area contributed by atoms with E-state index in [0.29, 0.717) is 0 Å². The number of nitrogens with zero attached hydrogens (tertiary/aromatic N) is 3. The predicted molar refractivity (Wildman–Crippen MR) is 78.0 cm³/mol. The van der Waals surface area contributed by atoms with Crippen LogP contribution in [-0.4, -0.2) is 47.7 Å². The zero-order chi connectivity index (χ0) is 13.5. The van der Waals surface area contributed by atoms with Gasteiger partial charge in [0.25, 0.3) is 7.59 Å². The largest absolute Gasteiger partial charge is 0.286 e. The van der Waals surface area contributed by atoms with Gasteiger partial charge >= 0.3 is 0 Å². The number of benzene rings is 1. The average Bonchev–Trinajstić information content (AvgIpc) is 2.44. The van der Waals surface area contributed by atoms with Gasteiger partial charge in [-0.1, -0.05) is 24.3 Å². The van der Waals surface area contributed by atoms with Gasteiger partial charge in [-0.15, -0.1) is 0 Å². The first-order valence-electron chi connectivity index (χ1n) is 6.98. The standard InChI is InChI=1S/C14H22N3OP/c1-15-9-5-10-16(2)19(15,18)17-11-8-13-6-3-4-7-14(13)12-17/h3-4,6-7H,5,8-12H2,1-2H3. The van der Waals surface area contributed by atoms with Crippen LogP contribution in [0.15, 0.2) is 24.3 Å². The lowest BCUT2D eigenvalue weighted by Gasteiger charge is -2.46. The fourth-order valence-electron chi connectivity index (χ4n) is 3.18. The van der Waals surface area contributed by atoms with E-state index in [-0.39, 0.29) is 0 Å². The van der Waals surface area contributed by atoms with E-state index in [0.717, 1.165) is 39.0 Å². The second-order valence-electron chi connectivity index (χ2n) is 5.54. The minimum Gasteiger partial charge on any atom is -0.270 e. The van der Waals surface area contributed by atoms with E-state index in [1.165, 1.54) is 11.1 Å². The van der Waals surface area contributed by atoms with Crippen LogP contribution in [0.3, 0.4) is 0 Å². The molecule has 5 heteroatoms. The quantitative estimate of drug-likeness (QED) is 0.738. The molecule has 19 heavy (non-hydrogen) atoms. The molecule has 104 valence electrons. The van der Waals surface area contributed by atoms with Crippen molar-refractivity contribution in [2.45, 2.75) is 19.4 Å². The highest BCUT2D eigenvalue weighted by Crippen LogP contribution is 2.57. The Morgan fingerprint density at radius 2 is 1.63 bits per heavy atom. The zero-order valence-electron chi connectivity index (χ0n) is 11.7. The van der Waals surface area contributed by atoms with Gasteiger partial charge in [-0.05, 0) is 38.1 Å². The van der Waals surface area contributed by atoms with E-state index in [4.69, 9.17) is 0 Å². The van der Waals surface area contributed by atoms with Gasteiger partial charge in [0.15, 0.2) is 0 Å². The predicted octanol–water partition coefficient (Wildman–Crippen LogP) is 2.42. The summed E-state index contributed by atoms with van der Waals surface area (Å²) in [5, 5.41) is 0. The first-order valence-corrected chi connectivity index (χ1v) is 8.54. The molecule has 0 radical (unpaired) electrons. The van der Waals surface area contributed by atoms with Crippen LogP contribution in [0.2, 0.25) is 0 Å². The molecule has 0 spiro atoms. The van der Waals surface area contributed by atoms with E-state index in [1.54, 1.807) is 0 Å². The van der Waals surface area contributed by atoms with Gasteiger partial charge in [0.05, 0.1) is 0 Å². The van der Waals surface area contributed by atoms with Crippen molar-refractivity contribution in [2.24, 2.45) is 0 Å². The van der Waals surface area contributed by atoms with Crippen LogP contribution in [0, 0.1) is 0 Å². The Labute approximate surface area is 115 Å². The SMILES string of the molecule is CN1CCCN(C)P1(=O)N1CCc2ccccc2C1. The summed E-state index contributed by atoms with van der Waals surface area (Å²) in [5.41, 5.74) is 2.74. The summed E-state index contributed by atoms with van der Waals surface area (Å²) in [6, 6.07) is 8.52. The minimum atomic E-state index is -2.53. The maximum Gasteiger partial charge on any atom is 0.286 e. The van der Waals surface area contributed by atoms with Crippen LogP contribution >= 0.6 is 7.59 Å². The molecule has 2 heterocycles. The highest BCUT2D eigenvalue weighted by atomic mass is 31.2. The lowest BCUT2D eigenvalue weighted by Crippen LogP contribution is -2.44. The molecule has 4 nitrogen and oxygen atoms in total. The Hall–Kier alpha value is -0.670. The average molecular weight is 279 g/mol. The van der Waals surface area contributed by atoms with Crippen molar-refractivity contribution in [3.63, 3.8) is 0 Å². The monoisotopic (exact) mass is 279 g/mol. The molecule has 0 bridgehead atoms. The van der Waals surface area contributed by atoms with Crippen LogP contribution in [0.1, 0.15) is 17.5 Å². The second kappa shape index (κ2) is 5.02. The molecule has 0 aliphatic carbocycles. The molecule has 0 atom stereocenters. The third-order valence-corrected chi connectivity index (χ3v) is 7.59. The Bertz CT molecular complexity index is 505. The van der Waals surface area contributed by atoms with E-state index < -0.39 is 7.59 Å². The molecule has 0 N–H and O–H groups in total. The molecule has 1 aromatic rings. The first-order chi connectivity index (χ1) is 9.12. The number of rotatable bonds is 1. The third kappa shape index (κ3) is 2.17. The molecule has 0 saturated carbocycles. The summed E-state index contributed by atoms with van der Waals surface area (Å²) < 4.78 is 19.7. The van der Waals surface area contributed by atoms with Crippen molar-refractivity contribution in [3.8, 4) is 0 Å². The molecule has 2 aliphatic heterocycles.